The van der Waals surface area contributed by atoms with Crippen molar-refractivity contribution in [2.24, 2.45) is 0 Å². The molecular weight excluding hydrogens is 372 g/mol. The van der Waals surface area contributed by atoms with Crippen LogP contribution in [0.3, 0.4) is 0 Å². The van der Waals surface area contributed by atoms with Crippen LogP contribution in [0.4, 0.5) is 4.79 Å². The smallest absolute Gasteiger partial charge is 0.434 e. The third-order valence-electron chi connectivity index (χ3n) is 4.89. The highest BCUT2D eigenvalue weighted by molar-refractivity contribution is 8.14. The molecule has 1 aliphatic rings. The Kier molecular flexibility index (Phi) is 6.45. The van der Waals surface area contributed by atoms with Gasteiger partial charge in [0.1, 0.15) is 6.61 Å². The van der Waals surface area contributed by atoms with E-state index in [1.165, 1.54) is 34.0 Å². The molecule has 0 aromatic heterocycles. The molecule has 0 heterocycles. The van der Waals surface area contributed by atoms with Crippen LogP contribution in [0.1, 0.15) is 50.7 Å². The molecule has 1 aliphatic carbocycles. The van der Waals surface area contributed by atoms with Gasteiger partial charge in [0, 0.05) is 17.6 Å². The Balaban J connectivity index is 1.50. The molecule has 0 saturated heterocycles. The molecule has 0 bridgehead atoms. The summed E-state index contributed by atoms with van der Waals surface area (Å²) in [6.07, 6.45) is 0.838. The fraction of sp³-hybridized carbons (Fsp3) is 0.391. The summed E-state index contributed by atoms with van der Waals surface area (Å²) < 4.78 is 10.5. The average Bonchev–Trinajstić information content (AvgIpc) is 2.96. The van der Waals surface area contributed by atoms with Crippen LogP contribution in [0.5, 0.6) is 0 Å². The minimum Gasteiger partial charge on any atom is -0.434 e. The molecule has 0 amide bonds. The second-order valence-corrected chi connectivity index (χ2v) is 9.48. The molecular formula is C23H26O4S. The van der Waals surface area contributed by atoms with Crippen LogP contribution in [-0.4, -0.2) is 29.2 Å². The lowest BCUT2D eigenvalue weighted by atomic mass is 9.98. The van der Waals surface area contributed by atoms with Gasteiger partial charge in [-0.2, -0.15) is 0 Å². The van der Waals surface area contributed by atoms with Crippen molar-refractivity contribution in [1.82, 2.24) is 0 Å². The van der Waals surface area contributed by atoms with Crippen LogP contribution in [-0.2, 0) is 14.3 Å². The van der Waals surface area contributed by atoms with Crippen LogP contribution in [0.25, 0.3) is 11.1 Å². The zero-order valence-corrected chi connectivity index (χ0v) is 17.4. The molecule has 0 radical (unpaired) electrons. The number of benzene rings is 2. The number of hydrogen-bond acceptors (Lipinski definition) is 5. The second kappa shape index (κ2) is 8.82. The number of thioether (sulfide) groups is 1. The Morgan fingerprint density at radius 2 is 1.54 bits per heavy atom. The van der Waals surface area contributed by atoms with E-state index in [9.17, 15) is 9.59 Å². The van der Waals surface area contributed by atoms with Gasteiger partial charge in [0.15, 0.2) is 5.12 Å². The molecule has 2 aromatic rings. The Bertz CT molecular complexity index is 814. The molecule has 5 heteroatoms. The lowest BCUT2D eigenvalue weighted by molar-refractivity contribution is -0.109. The fourth-order valence-corrected chi connectivity index (χ4v) is 4.75. The summed E-state index contributed by atoms with van der Waals surface area (Å²) in [5.41, 5.74) is 4.76. The SMILES string of the molecule is CC(=O)SC(C)(C)CCCOC(=O)OCC1c2ccccc2-c2ccccc21. The van der Waals surface area contributed by atoms with Crippen LogP contribution in [0.15, 0.2) is 48.5 Å². The summed E-state index contributed by atoms with van der Waals surface area (Å²) in [5, 5.41) is 0.0995. The molecule has 0 spiro atoms. The topological polar surface area (TPSA) is 52.6 Å². The molecule has 0 atom stereocenters. The van der Waals surface area contributed by atoms with Crippen LogP contribution in [0.2, 0.25) is 0 Å². The van der Waals surface area contributed by atoms with Crippen molar-refractivity contribution >= 4 is 23.0 Å². The van der Waals surface area contributed by atoms with Crippen molar-refractivity contribution < 1.29 is 19.1 Å². The van der Waals surface area contributed by atoms with E-state index >= 15 is 0 Å². The van der Waals surface area contributed by atoms with Gasteiger partial charge in [-0.25, -0.2) is 4.79 Å². The Hall–Kier alpha value is -2.27. The minimum absolute atomic E-state index is 0.0332. The molecule has 0 saturated carbocycles. The quantitative estimate of drug-likeness (QED) is 0.436. The summed E-state index contributed by atoms with van der Waals surface area (Å²) in [7, 11) is 0. The minimum atomic E-state index is -0.640. The first-order valence-corrected chi connectivity index (χ1v) is 10.4. The van der Waals surface area contributed by atoms with Gasteiger partial charge in [-0.15, -0.1) is 0 Å². The Labute approximate surface area is 170 Å². The Morgan fingerprint density at radius 1 is 0.964 bits per heavy atom. The maximum atomic E-state index is 12.0. The summed E-state index contributed by atoms with van der Waals surface area (Å²) >= 11 is 1.32. The van der Waals surface area contributed by atoms with Crippen molar-refractivity contribution in [1.29, 1.82) is 0 Å². The Morgan fingerprint density at radius 3 is 2.11 bits per heavy atom. The number of carbonyl (C=O) groups excluding carboxylic acids is 2. The van der Waals surface area contributed by atoms with Gasteiger partial charge in [-0.05, 0) is 35.1 Å². The van der Waals surface area contributed by atoms with Crippen molar-refractivity contribution in [3.05, 3.63) is 59.7 Å². The second-order valence-electron chi connectivity index (χ2n) is 7.59. The van der Waals surface area contributed by atoms with E-state index in [2.05, 4.69) is 24.3 Å². The largest absolute Gasteiger partial charge is 0.508 e. The highest BCUT2D eigenvalue weighted by atomic mass is 32.2. The first-order chi connectivity index (χ1) is 13.4. The fourth-order valence-electron chi connectivity index (χ4n) is 3.73. The lowest BCUT2D eigenvalue weighted by Gasteiger charge is -2.21. The number of fused-ring (bicyclic) bond motifs is 3. The van der Waals surface area contributed by atoms with Gasteiger partial charge in [0.05, 0.1) is 6.61 Å². The van der Waals surface area contributed by atoms with E-state index in [0.29, 0.717) is 13.0 Å². The first kappa shape index (κ1) is 20.5. The van der Waals surface area contributed by atoms with Crippen molar-refractivity contribution in [3.63, 3.8) is 0 Å². The van der Waals surface area contributed by atoms with Crippen molar-refractivity contribution in [3.8, 4) is 11.1 Å². The maximum Gasteiger partial charge on any atom is 0.508 e. The molecule has 3 rings (SSSR count). The van der Waals surface area contributed by atoms with Gasteiger partial charge in [-0.1, -0.05) is 74.1 Å². The van der Waals surface area contributed by atoms with Crippen LogP contribution >= 0.6 is 11.8 Å². The molecule has 0 unspecified atom stereocenters. The van der Waals surface area contributed by atoms with E-state index in [4.69, 9.17) is 9.47 Å². The molecule has 4 nitrogen and oxygen atoms in total. The van der Waals surface area contributed by atoms with E-state index in [0.717, 1.165) is 6.42 Å². The third kappa shape index (κ3) is 4.96. The predicted molar refractivity (Wildman–Crippen MR) is 113 cm³/mol. The van der Waals surface area contributed by atoms with Gasteiger partial charge in [-0.3, -0.25) is 4.79 Å². The third-order valence-corrected chi connectivity index (χ3v) is 5.94. The average molecular weight is 399 g/mol. The number of rotatable bonds is 7. The van der Waals surface area contributed by atoms with E-state index < -0.39 is 6.16 Å². The predicted octanol–water partition coefficient (Wildman–Crippen LogP) is 5.79. The van der Waals surface area contributed by atoms with E-state index in [-0.39, 0.29) is 22.4 Å². The molecule has 28 heavy (non-hydrogen) atoms. The van der Waals surface area contributed by atoms with Crippen LogP contribution < -0.4 is 0 Å². The summed E-state index contributed by atoms with van der Waals surface area (Å²) in [5.74, 6) is 0.0332. The monoisotopic (exact) mass is 398 g/mol. The van der Waals surface area contributed by atoms with Gasteiger partial charge < -0.3 is 9.47 Å². The normalized spacial score (nSPS) is 13.0. The standard InChI is InChI=1S/C23H26O4S/c1-16(24)28-23(2,3)13-8-14-26-22(25)27-15-21-19-11-6-4-9-17(19)18-10-5-7-12-20(18)21/h4-7,9-12,21H,8,13-15H2,1-3H3. The van der Waals surface area contributed by atoms with Crippen molar-refractivity contribution in [2.45, 2.75) is 44.3 Å². The van der Waals surface area contributed by atoms with Gasteiger partial charge >= 0.3 is 6.16 Å². The summed E-state index contributed by atoms with van der Waals surface area (Å²) in [4.78, 5) is 23.3. The summed E-state index contributed by atoms with van der Waals surface area (Å²) in [6.45, 7) is 6.16. The molecule has 0 aliphatic heterocycles. The zero-order valence-electron chi connectivity index (χ0n) is 16.6. The summed E-state index contributed by atoms with van der Waals surface area (Å²) in [6, 6.07) is 16.5. The highest BCUT2D eigenvalue weighted by Gasteiger charge is 2.29. The van der Waals surface area contributed by atoms with Gasteiger partial charge in [0.25, 0.3) is 0 Å². The lowest BCUT2D eigenvalue weighted by Crippen LogP contribution is -2.19. The molecule has 0 N–H and O–H groups in total. The number of ether oxygens (including phenoxy) is 2. The molecule has 148 valence electrons. The highest BCUT2D eigenvalue weighted by Crippen LogP contribution is 2.44. The zero-order chi connectivity index (χ0) is 20.1. The van der Waals surface area contributed by atoms with Crippen LogP contribution in [0, 0.1) is 0 Å². The number of carbonyl (C=O) groups is 2. The van der Waals surface area contributed by atoms with E-state index in [1.54, 1.807) is 6.92 Å². The molecule has 2 aromatic carbocycles. The van der Waals surface area contributed by atoms with Gasteiger partial charge in [0.2, 0.25) is 0 Å². The molecule has 0 fully saturated rings. The first-order valence-electron chi connectivity index (χ1n) is 9.55. The van der Waals surface area contributed by atoms with Crippen molar-refractivity contribution in [2.75, 3.05) is 13.2 Å². The van der Waals surface area contributed by atoms with E-state index in [1.807, 2.05) is 38.1 Å². The number of hydrogen-bond donors (Lipinski definition) is 0. The maximum absolute atomic E-state index is 12.0.